The van der Waals surface area contributed by atoms with Gasteiger partial charge in [0, 0.05) is 31.0 Å². The first kappa shape index (κ1) is 18.8. The highest BCUT2D eigenvalue weighted by Crippen LogP contribution is 2.51. The molecule has 2 saturated heterocycles. The molecule has 2 aliphatic carbocycles. The van der Waals surface area contributed by atoms with E-state index in [9.17, 15) is 4.79 Å². The zero-order valence-corrected chi connectivity index (χ0v) is 17.4. The summed E-state index contributed by atoms with van der Waals surface area (Å²) in [6, 6.07) is 0.825. The molecule has 3 nitrogen and oxygen atoms in total. The fourth-order valence-corrected chi connectivity index (χ4v) is 6.66. The van der Waals surface area contributed by atoms with E-state index >= 15 is 0 Å². The van der Waals surface area contributed by atoms with E-state index in [1.165, 1.54) is 64.5 Å². The highest BCUT2D eigenvalue weighted by Gasteiger charge is 2.54. The first-order valence-corrected chi connectivity index (χ1v) is 11.5. The van der Waals surface area contributed by atoms with Crippen LogP contribution in [0, 0.1) is 29.1 Å². The highest BCUT2D eigenvalue weighted by atomic mass is 16.2. The average Bonchev–Trinajstić information content (AvgIpc) is 2.59. The van der Waals surface area contributed by atoms with Crippen LogP contribution in [0.2, 0.25) is 0 Å². The number of carbonyl (C=O) groups is 1. The van der Waals surface area contributed by atoms with Gasteiger partial charge in [-0.15, -0.1) is 0 Å². The predicted octanol–water partition coefficient (Wildman–Crippen LogP) is 4.56. The Labute approximate surface area is 160 Å². The van der Waals surface area contributed by atoms with E-state index in [2.05, 4.69) is 23.6 Å². The van der Waals surface area contributed by atoms with Crippen LogP contribution < -0.4 is 0 Å². The Balaban J connectivity index is 1.16. The summed E-state index contributed by atoms with van der Waals surface area (Å²) in [5.74, 6) is 4.28. The third kappa shape index (κ3) is 3.57. The fraction of sp³-hybridized carbons (Fsp3) is 0.957. The summed E-state index contributed by atoms with van der Waals surface area (Å²) in [4.78, 5) is 16.6. The molecule has 0 bridgehead atoms. The summed E-state index contributed by atoms with van der Waals surface area (Å²) < 4.78 is 0. The molecule has 4 fully saturated rings. The number of piperidine rings is 1. The van der Waals surface area contributed by atoms with Gasteiger partial charge in [-0.25, -0.2) is 0 Å². The highest BCUT2D eigenvalue weighted by molar-refractivity contribution is 5.77. The number of hydrogen-bond acceptors (Lipinski definition) is 2. The second-order valence-electron chi connectivity index (χ2n) is 10.5. The van der Waals surface area contributed by atoms with Crippen molar-refractivity contribution in [3.63, 3.8) is 0 Å². The minimum Gasteiger partial charge on any atom is -0.341 e. The van der Waals surface area contributed by atoms with Crippen LogP contribution in [-0.2, 0) is 4.79 Å². The van der Waals surface area contributed by atoms with Crippen molar-refractivity contribution in [1.29, 1.82) is 0 Å². The minimum absolute atomic E-state index is 0.354. The molecule has 2 saturated carbocycles. The van der Waals surface area contributed by atoms with Gasteiger partial charge in [0.15, 0.2) is 0 Å². The summed E-state index contributed by atoms with van der Waals surface area (Å²) in [5, 5.41) is 0. The van der Waals surface area contributed by atoms with E-state index in [0.717, 1.165) is 42.8 Å². The van der Waals surface area contributed by atoms with Gasteiger partial charge in [-0.05, 0) is 88.1 Å². The molecule has 26 heavy (non-hydrogen) atoms. The molecule has 0 unspecified atom stereocenters. The third-order valence-corrected chi connectivity index (χ3v) is 8.56. The van der Waals surface area contributed by atoms with Crippen LogP contribution in [0.1, 0.15) is 78.6 Å². The Morgan fingerprint density at radius 1 is 0.962 bits per heavy atom. The molecular weight excluding hydrogens is 320 g/mol. The smallest absolute Gasteiger partial charge is 0.222 e. The predicted molar refractivity (Wildman–Crippen MR) is 107 cm³/mol. The number of amides is 1. The largest absolute Gasteiger partial charge is 0.341 e. The Morgan fingerprint density at radius 3 is 2.08 bits per heavy atom. The van der Waals surface area contributed by atoms with E-state index in [1.807, 2.05) is 6.92 Å². The van der Waals surface area contributed by atoms with Crippen molar-refractivity contribution < 1.29 is 4.79 Å². The zero-order valence-electron chi connectivity index (χ0n) is 17.4. The lowest BCUT2D eigenvalue weighted by Gasteiger charge is -2.61. The number of nitrogens with zero attached hydrogens (tertiary/aromatic N) is 2. The minimum atomic E-state index is 0.354. The van der Waals surface area contributed by atoms with Gasteiger partial charge >= 0.3 is 0 Å². The number of likely N-dealkylation sites (tertiary alicyclic amines) is 2. The molecule has 0 radical (unpaired) electrons. The van der Waals surface area contributed by atoms with Crippen LogP contribution in [0.3, 0.4) is 0 Å². The van der Waals surface area contributed by atoms with Crippen molar-refractivity contribution in [2.24, 2.45) is 29.1 Å². The molecule has 0 aromatic rings. The molecule has 4 aliphatic rings. The Hall–Kier alpha value is -0.570. The molecule has 2 heterocycles. The molecule has 0 atom stereocenters. The van der Waals surface area contributed by atoms with Gasteiger partial charge in [-0.2, -0.15) is 0 Å². The molecule has 0 N–H and O–H groups in total. The molecular formula is C23H40N2O. The lowest BCUT2D eigenvalue weighted by molar-refractivity contribution is -0.158. The van der Waals surface area contributed by atoms with Gasteiger partial charge in [0.05, 0.1) is 0 Å². The van der Waals surface area contributed by atoms with E-state index in [0.29, 0.717) is 17.7 Å². The van der Waals surface area contributed by atoms with Gasteiger partial charge in [0.2, 0.25) is 5.91 Å². The lowest BCUT2D eigenvalue weighted by Crippen LogP contribution is -2.67. The second-order valence-corrected chi connectivity index (χ2v) is 10.5. The first-order valence-electron chi connectivity index (χ1n) is 11.5. The second kappa shape index (κ2) is 7.45. The maximum Gasteiger partial charge on any atom is 0.222 e. The van der Waals surface area contributed by atoms with Crippen LogP contribution in [0.15, 0.2) is 0 Å². The topological polar surface area (TPSA) is 23.6 Å². The molecule has 1 amide bonds. The van der Waals surface area contributed by atoms with Crippen LogP contribution in [0.5, 0.6) is 0 Å². The number of hydrogen-bond donors (Lipinski definition) is 0. The molecule has 3 heteroatoms. The van der Waals surface area contributed by atoms with E-state index in [4.69, 9.17) is 0 Å². The van der Waals surface area contributed by atoms with Crippen molar-refractivity contribution in [3.05, 3.63) is 0 Å². The van der Waals surface area contributed by atoms with Crippen molar-refractivity contribution in [1.82, 2.24) is 9.80 Å². The summed E-state index contributed by atoms with van der Waals surface area (Å²) in [6.45, 7) is 11.6. The fourth-order valence-electron chi connectivity index (χ4n) is 6.66. The Kier molecular flexibility index (Phi) is 5.38. The summed E-state index contributed by atoms with van der Waals surface area (Å²) in [6.07, 6.45) is 12.2. The summed E-state index contributed by atoms with van der Waals surface area (Å²) in [7, 11) is 0. The maximum atomic E-state index is 11.8. The molecule has 1 spiro atoms. The summed E-state index contributed by atoms with van der Waals surface area (Å²) >= 11 is 0. The van der Waals surface area contributed by atoms with Gasteiger partial charge in [0.25, 0.3) is 0 Å². The van der Waals surface area contributed by atoms with E-state index in [-0.39, 0.29) is 0 Å². The Bertz CT molecular complexity index is 486. The SMILES string of the molecule is CCC(=O)N1CC2(CC(N3CCC(C4CCC(C(C)C)CC4)CC3)C2)C1. The first-order chi connectivity index (χ1) is 12.5. The van der Waals surface area contributed by atoms with Crippen molar-refractivity contribution >= 4 is 5.91 Å². The van der Waals surface area contributed by atoms with E-state index < -0.39 is 0 Å². The van der Waals surface area contributed by atoms with E-state index in [1.54, 1.807) is 0 Å². The van der Waals surface area contributed by atoms with Crippen LogP contribution in [0.4, 0.5) is 0 Å². The van der Waals surface area contributed by atoms with Crippen LogP contribution in [0.25, 0.3) is 0 Å². The van der Waals surface area contributed by atoms with Gasteiger partial charge in [0.1, 0.15) is 0 Å². The average molecular weight is 361 g/mol. The molecule has 148 valence electrons. The van der Waals surface area contributed by atoms with Gasteiger partial charge < -0.3 is 9.80 Å². The molecule has 4 rings (SSSR count). The number of rotatable bonds is 4. The van der Waals surface area contributed by atoms with Gasteiger partial charge in [-0.3, -0.25) is 4.79 Å². The third-order valence-electron chi connectivity index (χ3n) is 8.56. The van der Waals surface area contributed by atoms with Crippen molar-refractivity contribution in [2.45, 2.75) is 84.6 Å². The Morgan fingerprint density at radius 2 is 1.54 bits per heavy atom. The standard InChI is InChI=1S/C23H40N2O/c1-4-22(26)25-15-23(16-25)13-21(14-23)24-11-9-20(10-12-24)19-7-5-18(6-8-19)17(2)3/h17-21H,4-16H2,1-3H3. The van der Waals surface area contributed by atoms with Crippen molar-refractivity contribution in [2.75, 3.05) is 26.2 Å². The van der Waals surface area contributed by atoms with Gasteiger partial charge in [-0.1, -0.05) is 20.8 Å². The zero-order chi connectivity index (χ0) is 18.3. The molecule has 0 aromatic carbocycles. The number of carbonyl (C=O) groups excluding carboxylic acids is 1. The van der Waals surface area contributed by atoms with Crippen molar-refractivity contribution in [3.8, 4) is 0 Å². The normalized spacial score (nSPS) is 33.3. The summed E-state index contributed by atoms with van der Waals surface area (Å²) in [5.41, 5.74) is 0.515. The molecule has 2 aliphatic heterocycles. The van der Waals surface area contributed by atoms with Crippen LogP contribution >= 0.6 is 0 Å². The monoisotopic (exact) mass is 360 g/mol. The van der Waals surface area contributed by atoms with Crippen LogP contribution in [-0.4, -0.2) is 47.9 Å². The maximum absolute atomic E-state index is 11.8. The quantitative estimate of drug-likeness (QED) is 0.733. The lowest BCUT2D eigenvalue weighted by atomic mass is 9.59. The molecule has 0 aromatic heterocycles.